The predicted octanol–water partition coefficient (Wildman–Crippen LogP) is 4.16. The van der Waals surface area contributed by atoms with E-state index in [-0.39, 0.29) is 11.3 Å². The normalized spacial score (nSPS) is 15.4. The third kappa shape index (κ3) is 5.41. The minimum Gasteiger partial charge on any atom is -0.497 e. The van der Waals surface area contributed by atoms with Crippen LogP contribution in [0.4, 0.5) is 24.5 Å². The summed E-state index contributed by atoms with van der Waals surface area (Å²) in [6.45, 7) is 3.69. The maximum atomic E-state index is 13.4. The van der Waals surface area contributed by atoms with Gasteiger partial charge in [-0.1, -0.05) is 6.07 Å². The summed E-state index contributed by atoms with van der Waals surface area (Å²) in [5.74, 6) is -0.0594. The van der Waals surface area contributed by atoms with Crippen molar-refractivity contribution in [2.45, 2.75) is 19.0 Å². The third-order valence-corrected chi connectivity index (χ3v) is 4.80. The first kappa shape index (κ1) is 21.0. The first-order valence-corrected chi connectivity index (χ1v) is 9.51. The number of halogens is 3. The van der Waals surface area contributed by atoms with Crippen molar-refractivity contribution >= 4 is 17.3 Å². The van der Waals surface area contributed by atoms with E-state index in [1.807, 2.05) is 0 Å². The van der Waals surface area contributed by atoms with Crippen LogP contribution in [-0.2, 0) is 6.18 Å². The summed E-state index contributed by atoms with van der Waals surface area (Å²) in [7, 11) is 1.49. The molecule has 2 fully saturated rings. The van der Waals surface area contributed by atoms with E-state index < -0.39 is 17.6 Å². The monoisotopic (exact) mass is 407 g/mol. The summed E-state index contributed by atoms with van der Waals surface area (Å²) in [6, 6.07) is 10.3. The second kappa shape index (κ2) is 9.17. The van der Waals surface area contributed by atoms with E-state index in [9.17, 15) is 18.0 Å². The number of hydrogen-bond donors (Lipinski definition) is 2. The Balaban J connectivity index is 0.000000536. The van der Waals surface area contributed by atoms with Crippen molar-refractivity contribution in [1.29, 1.82) is 0 Å². The molecule has 0 radical (unpaired) electrons. The number of methoxy groups -OCH3 is 1. The van der Waals surface area contributed by atoms with E-state index in [4.69, 9.17) is 4.74 Å². The van der Waals surface area contributed by atoms with Gasteiger partial charge in [0.2, 0.25) is 0 Å². The molecule has 2 N–H and O–H groups in total. The fourth-order valence-corrected chi connectivity index (χ4v) is 2.82. The number of anilines is 2. The average Bonchev–Trinajstić information content (AvgIpc) is 2.58. The van der Waals surface area contributed by atoms with Gasteiger partial charge in [0.25, 0.3) is 5.91 Å². The molecule has 0 atom stereocenters. The number of benzene rings is 2. The van der Waals surface area contributed by atoms with Crippen molar-refractivity contribution in [3.63, 3.8) is 0 Å². The van der Waals surface area contributed by atoms with Gasteiger partial charge in [-0.15, -0.1) is 0 Å². The third-order valence-electron chi connectivity index (χ3n) is 4.80. The van der Waals surface area contributed by atoms with Gasteiger partial charge in [-0.25, -0.2) is 0 Å². The van der Waals surface area contributed by atoms with Crippen LogP contribution in [0, 0.1) is 0 Å². The molecule has 156 valence electrons. The Kier molecular flexibility index (Phi) is 6.64. The number of nitrogens with zero attached hydrogens (tertiary/aromatic N) is 1. The predicted molar refractivity (Wildman–Crippen MR) is 107 cm³/mol. The second-order valence-corrected chi connectivity index (χ2v) is 6.86. The summed E-state index contributed by atoms with van der Waals surface area (Å²) in [6.07, 6.45) is -2.26. The Morgan fingerprint density at radius 2 is 1.79 bits per heavy atom. The van der Waals surface area contributed by atoms with Crippen molar-refractivity contribution < 1.29 is 22.7 Å². The molecule has 0 spiro atoms. The summed E-state index contributed by atoms with van der Waals surface area (Å²) in [5.41, 5.74) is -0.258. The number of hydrogen-bond acceptors (Lipinski definition) is 4. The standard InChI is InChI=1S/C18H17F3N2O2.C3H7N/c1-25-14-5-2-4-13(11-14)22-17(24)12-6-7-16(23-8-3-9-23)15(10-12)18(19,20)21;1-2-4-3-1/h2,4-7,10-11H,3,8-9H2,1H3,(H,22,24);4H,1-3H2. The van der Waals surface area contributed by atoms with Gasteiger partial charge in [0.05, 0.1) is 12.7 Å². The molecule has 0 saturated carbocycles. The molecule has 1 amide bonds. The highest BCUT2D eigenvalue weighted by molar-refractivity contribution is 6.04. The molecule has 0 unspecified atom stereocenters. The molecule has 0 bridgehead atoms. The topological polar surface area (TPSA) is 53.6 Å². The fraction of sp³-hybridized carbons (Fsp3) is 0.381. The van der Waals surface area contributed by atoms with Gasteiger partial charge in [-0.05, 0) is 56.3 Å². The summed E-state index contributed by atoms with van der Waals surface area (Å²) in [5, 5.41) is 5.70. The van der Waals surface area contributed by atoms with Gasteiger partial charge >= 0.3 is 6.18 Å². The minimum atomic E-state index is -4.52. The molecule has 4 rings (SSSR count). The average molecular weight is 407 g/mol. The second-order valence-electron chi connectivity index (χ2n) is 6.86. The van der Waals surface area contributed by atoms with E-state index in [1.54, 1.807) is 29.2 Å². The van der Waals surface area contributed by atoms with Crippen LogP contribution in [0.15, 0.2) is 42.5 Å². The van der Waals surface area contributed by atoms with Crippen LogP contribution < -0.4 is 20.3 Å². The number of carbonyl (C=O) groups is 1. The molecular formula is C21H24F3N3O2. The van der Waals surface area contributed by atoms with E-state index in [0.717, 1.165) is 12.5 Å². The summed E-state index contributed by atoms with van der Waals surface area (Å²) in [4.78, 5) is 14.0. The molecule has 0 aliphatic carbocycles. The molecule has 2 aromatic rings. The Bertz CT molecular complexity index is 843. The molecule has 2 aliphatic rings. The number of rotatable bonds is 4. The zero-order valence-electron chi connectivity index (χ0n) is 16.2. The lowest BCUT2D eigenvalue weighted by Crippen LogP contribution is -2.38. The maximum Gasteiger partial charge on any atom is 0.418 e. The van der Waals surface area contributed by atoms with E-state index >= 15 is 0 Å². The van der Waals surface area contributed by atoms with Crippen LogP contribution in [0.25, 0.3) is 0 Å². The van der Waals surface area contributed by atoms with Gasteiger partial charge in [-0.3, -0.25) is 4.79 Å². The summed E-state index contributed by atoms with van der Waals surface area (Å²) < 4.78 is 45.2. The number of nitrogens with one attached hydrogen (secondary N) is 2. The number of alkyl halides is 3. The molecule has 2 heterocycles. The maximum absolute atomic E-state index is 13.4. The lowest BCUT2D eigenvalue weighted by atomic mass is 10.0. The van der Waals surface area contributed by atoms with Gasteiger partial charge in [0, 0.05) is 36.1 Å². The molecule has 8 heteroatoms. The first-order chi connectivity index (χ1) is 13.9. The minimum absolute atomic E-state index is 0.0422. The number of carbonyl (C=O) groups excluding carboxylic acids is 1. The Labute approximate surface area is 167 Å². The van der Waals surface area contributed by atoms with Crippen LogP contribution in [0.3, 0.4) is 0 Å². The molecule has 29 heavy (non-hydrogen) atoms. The molecule has 2 aliphatic heterocycles. The van der Waals surface area contributed by atoms with Crippen LogP contribution in [0.2, 0.25) is 0 Å². The Hall–Kier alpha value is -2.74. The summed E-state index contributed by atoms with van der Waals surface area (Å²) >= 11 is 0. The zero-order valence-corrected chi connectivity index (χ0v) is 16.2. The van der Waals surface area contributed by atoms with Gasteiger partial charge in [-0.2, -0.15) is 13.2 Å². The molecule has 0 aromatic heterocycles. The van der Waals surface area contributed by atoms with Crippen molar-refractivity contribution in [2.24, 2.45) is 0 Å². The fourth-order valence-electron chi connectivity index (χ4n) is 2.82. The SMILES string of the molecule is C1CNC1.COc1cccc(NC(=O)c2ccc(N3CCC3)c(C(F)(F)F)c2)c1. The zero-order chi connectivity index (χ0) is 20.9. The van der Waals surface area contributed by atoms with Crippen molar-refractivity contribution in [2.75, 3.05) is 43.5 Å². The Morgan fingerprint density at radius 1 is 1.10 bits per heavy atom. The highest BCUT2D eigenvalue weighted by Crippen LogP contribution is 2.38. The van der Waals surface area contributed by atoms with Crippen molar-refractivity contribution in [1.82, 2.24) is 5.32 Å². The number of ether oxygens (including phenoxy) is 1. The number of amides is 1. The lowest BCUT2D eigenvalue weighted by molar-refractivity contribution is -0.137. The van der Waals surface area contributed by atoms with Crippen LogP contribution in [0.1, 0.15) is 28.8 Å². The largest absolute Gasteiger partial charge is 0.497 e. The van der Waals surface area contributed by atoms with Gasteiger partial charge in [0.1, 0.15) is 5.75 Å². The Morgan fingerprint density at radius 3 is 2.31 bits per heavy atom. The van der Waals surface area contributed by atoms with E-state index in [2.05, 4.69) is 10.6 Å². The van der Waals surface area contributed by atoms with Crippen molar-refractivity contribution in [3.05, 3.63) is 53.6 Å². The van der Waals surface area contributed by atoms with E-state index in [1.165, 1.54) is 38.8 Å². The highest BCUT2D eigenvalue weighted by Gasteiger charge is 2.36. The molecule has 5 nitrogen and oxygen atoms in total. The van der Waals surface area contributed by atoms with Crippen LogP contribution >= 0.6 is 0 Å². The lowest BCUT2D eigenvalue weighted by Gasteiger charge is -2.35. The quantitative estimate of drug-likeness (QED) is 0.799. The van der Waals surface area contributed by atoms with Crippen LogP contribution in [-0.4, -0.2) is 39.2 Å². The highest BCUT2D eigenvalue weighted by atomic mass is 19.4. The molecule has 2 saturated heterocycles. The first-order valence-electron chi connectivity index (χ1n) is 9.51. The van der Waals surface area contributed by atoms with E-state index in [0.29, 0.717) is 24.5 Å². The van der Waals surface area contributed by atoms with Crippen LogP contribution in [0.5, 0.6) is 5.75 Å². The molecule has 2 aromatic carbocycles. The molecular weight excluding hydrogens is 383 g/mol. The van der Waals surface area contributed by atoms with Crippen molar-refractivity contribution in [3.8, 4) is 5.75 Å². The van der Waals surface area contributed by atoms with Gasteiger partial charge in [0.15, 0.2) is 0 Å². The van der Waals surface area contributed by atoms with Gasteiger partial charge < -0.3 is 20.3 Å². The smallest absolute Gasteiger partial charge is 0.418 e.